The summed E-state index contributed by atoms with van der Waals surface area (Å²) in [7, 11) is 1.40. The number of carbonyl (C=O) groups excluding carboxylic acids is 1. The van der Waals surface area contributed by atoms with Gasteiger partial charge in [0.05, 0.1) is 23.8 Å². The molecule has 0 radical (unpaired) electrons. The van der Waals surface area contributed by atoms with Crippen LogP contribution in [0.5, 0.6) is 0 Å². The van der Waals surface area contributed by atoms with E-state index in [1.165, 1.54) is 7.11 Å². The van der Waals surface area contributed by atoms with Gasteiger partial charge in [0.15, 0.2) is 0 Å². The Balaban J connectivity index is 1.69. The zero-order valence-electron chi connectivity index (χ0n) is 19.9. The van der Waals surface area contributed by atoms with Crippen molar-refractivity contribution < 1.29 is 9.53 Å². The minimum absolute atomic E-state index is 0.174. The van der Waals surface area contributed by atoms with Crippen LogP contribution in [0.25, 0.3) is 0 Å². The van der Waals surface area contributed by atoms with Crippen LogP contribution in [0.15, 0.2) is 24.3 Å². The predicted molar refractivity (Wildman–Crippen MR) is 131 cm³/mol. The normalized spacial score (nSPS) is 28.5. The van der Waals surface area contributed by atoms with Gasteiger partial charge in [-0.25, -0.2) is 4.79 Å². The van der Waals surface area contributed by atoms with Crippen molar-refractivity contribution in [2.45, 2.75) is 17.6 Å². The Morgan fingerprint density at radius 3 is 1.67 bits per heavy atom. The molecule has 186 valence electrons. The summed E-state index contributed by atoms with van der Waals surface area (Å²) in [5, 5.41) is 25.3. The van der Waals surface area contributed by atoms with Crippen LogP contribution in [0.2, 0.25) is 0 Å². The molecule has 3 saturated heterocycles. The van der Waals surface area contributed by atoms with E-state index in [4.69, 9.17) is 10.5 Å². The van der Waals surface area contributed by atoms with Crippen LogP contribution in [0.1, 0.15) is 15.9 Å². The Labute approximate surface area is 197 Å². The van der Waals surface area contributed by atoms with E-state index in [1.807, 2.05) is 24.3 Å². The molecule has 33 heavy (non-hydrogen) atoms. The van der Waals surface area contributed by atoms with Crippen molar-refractivity contribution in [3.8, 4) is 0 Å². The smallest absolute Gasteiger partial charge is 0.337 e. The molecule has 4 rings (SSSR count). The lowest BCUT2D eigenvalue weighted by molar-refractivity contribution is 0.0600. The summed E-state index contributed by atoms with van der Waals surface area (Å²) < 4.78 is 4.80. The molecule has 10 nitrogen and oxygen atoms in total. The average Bonchev–Trinajstić information content (AvgIpc) is 2.83. The summed E-state index contributed by atoms with van der Waals surface area (Å²) in [6.45, 7) is 10.7. The van der Waals surface area contributed by atoms with E-state index in [2.05, 4.69) is 37.2 Å². The lowest BCUT2D eigenvalue weighted by Gasteiger charge is -2.37. The molecular weight excluding hydrogens is 420 g/mol. The van der Waals surface area contributed by atoms with Crippen molar-refractivity contribution >= 4 is 5.97 Å². The minimum atomic E-state index is -0.317. The third kappa shape index (κ3) is 8.58. The highest BCUT2D eigenvalue weighted by Crippen LogP contribution is 2.09. The first-order valence-corrected chi connectivity index (χ1v) is 12.0. The number of hydrogen-bond acceptors (Lipinski definition) is 10. The largest absolute Gasteiger partial charge is 0.465 e. The van der Waals surface area contributed by atoms with Gasteiger partial charge in [0.25, 0.3) is 0 Å². The Morgan fingerprint density at radius 2 is 1.24 bits per heavy atom. The monoisotopic (exact) mass is 462 g/mol. The summed E-state index contributed by atoms with van der Waals surface area (Å²) in [5.74, 6) is -0.314. The van der Waals surface area contributed by atoms with Crippen LogP contribution in [-0.4, -0.2) is 103 Å². The molecule has 2 bridgehead atoms. The molecule has 0 atom stereocenters. The fourth-order valence-electron chi connectivity index (χ4n) is 4.25. The summed E-state index contributed by atoms with van der Waals surface area (Å²) in [4.78, 5) is 11.7. The summed E-state index contributed by atoms with van der Waals surface area (Å²) >= 11 is 0. The molecule has 9 N–H and O–H groups in total. The Kier molecular flexibility index (Phi) is 10.5. The van der Waals surface area contributed by atoms with Gasteiger partial charge in [-0.3, -0.25) is 0 Å². The van der Waals surface area contributed by atoms with Crippen molar-refractivity contribution in [1.29, 1.82) is 0 Å². The molecule has 3 aliphatic heterocycles. The zero-order valence-corrected chi connectivity index (χ0v) is 19.9. The molecule has 0 aromatic heterocycles. The lowest BCUT2D eigenvalue weighted by Crippen LogP contribution is -2.66. The summed E-state index contributed by atoms with van der Waals surface area (Å²) in [6, 6.07) is 7.59. The number of carbonyl (C=O) groups is 1. The van der Waals surface area contributed by atoms with Crippen LogP contribution in [0.3, 0.4) is 0 Å². The van der Waals surface area contributed by atoms with Gasteiger partial charge >= 0.3 is 5.97 Å². The maximum absolute atomic E-state index is 11.7. The number of rotatable bonds is 4. The van der Waals surface area contributed by atoms with Gasteiger partial charge < -0.3 is 47.7 Å². The number of methoxy groups -OCH3 is 1. The maximum atomic E-state index is 11.7. The van der Waals surface area contributed by atoms with Gasteiger partial charge in [-0.1, -0.05) is 12.1 Å². The molecule has 0 unspecified atom stereocenters. The van der Waals surface area contributed by atoms with E-state index in [0.29, 0.717) is 12.1 Å². The van der Waals surface area contributed by atoms with E-state index in [1.54, 1.807) is 0 Å². The van der Waals surface area contributed by atoms with Gasteiger partial charge in [-0.2, -0.15) is 0 Å². The predicted octanol–water partition coefficient (Wildman–Crippen LogP) is -2.44. The fraction of sp³-hybridized carbons (Fsp3) is 0.696. The Bertz CT molecular complexity index is 671. The lowest BCUT2D eigenvalue weighted by atomic mass is 9.97. The highest BCUT2D eigenvalue weighted by molar-refractivity contribution is 5.89. The quantitative estimate of drug-likeness (QED) is 0.228. The molecule has 0 aliphatic carbocycles. The fourth-order valence-corrected chi connectivity index (χ4v) is 4.25. The standard InChI is InChI=1S/C23H42N8O2/c1-33-21(32)20-4-2-19(3-5-20)12-31-23-16-28-9-6-25-13-22(24,14-26-7-10-29-17-23)15-27-8-11-30-18-23/h2-5,25-31H,6-18,24H2,1H3. The van der Waals surface area contributed by atoms with Crippen molar-refractivity contribution in [2.24, 2.45) is 5.73 Å². The third-order valence-electron chi connectivity index (χ3n) is 6.30. The third-order valence-corrected chi connectivity index (χ3v) is 6.30. The number of hydrogen-bond donors (Lipinski definition) is 8. The van der Waals surface area contributed by atoms with E-state index in [-0.39, 0.29) is 17.0 Å². The topological polar surface area (TPSA) is 137 Å². The zero-order chi connectivity index (χ0) is 23.4. The summed E-state index contributed by atoms with van der Waals surface area (Å²) in [5.41, 5.74) is 7.87. The Morgan fingerprint density at radius 1 is 0.818 bits per heavy atom. The van der Waals surface area contributed by atoms with E-state index in [0.717, 1.165) is 84.1 Å². The number of benzene rings is 1. The van der Waals surface area contributed by atoms with Gasteiger partial charge in [0.2, 0.25) is 0 Å². The SMILES string of the molecule is COC(=O)c1ccc(CNC23CNCCNCC(N)(CNCCNC2)CNCCNC3)cc1. The molecule has 3 heterocycles. The van der Waals surface area contributed by atoms with Crippen LogP contribution in [-0.2, 0) is 11.3 Å². The average molecular weight is 463 g/mol. The van der Waals surface area contributed by atoms with Crippen molar-refractivity contribution in [3.05, 3.63) is 35.4 Å². The van der Waals surface area contributed by atoms with Crippen molar-refractivity contribution in [2.75, 3.05) is 85.6 Å². The molecule has 10 heteroatoms. The van der Waals surface area contributed by atoms with E-state index >= 15 is 0 Å². The minimum Gasteiger partial charge on any atom is -0.465 e. The molecule has 3 aliphatic rings. The van der Waals surface area contributed by atoms with Gasteiger partial charge in [-0.15, -0.1) is 0 Å². The number of nitrogens with one attached hydrogen (secondary N) is 7. The second-order valence-electron chi connectivity index (χ2n) is 9.25. The molecule has 1 aromatic rings. The van der Waals surface area contributed by atoms with Crippen molar-refractivity contribution in [1.82, 2.24) is 37.2 Å². The van der Waals surface area contributed by atoms with Crippen LogP contribution >= 0.6 is 0 Å². The van der Waals surface area contributed by atoms with E-state index < -0.39 is 0 Å². The highest BCUT2D eigenvalue weighted by atomic mass is 16.5. The number of fused-ring (bicyclic) bond motifs is 15. The first-order chi connectivity index (χ1) is 16.0. The summed E-state index contributed by atoms with van der Waals surface area (Å²) in [6.07, 6.45) is 0. The number of esters is 1. The van der Waals surface area contributed by atoms with Crippen LogP contribution in [0, 0.1) is 0 Å². The van der Waals surface area contributed by atoms with Gasteiger partial charge in [-0.05, 0) is 17.7 Å². The van der Waals surface area contributed by atoms with Crippen LogP contribution in [0.4, 0.5) is 0 Å². The van der Waals surface area contributed by atoms with Crippen molar-refractivity contribution in [3.63, 3.8) is 0 Å². The number of nitrogens with two attached hydrogens (primary N) is 1. The van der Waals surface area contributed by atoms with Crippen LogP contribution < -0.4 is 43.0 Å². The van der Waals surface area contributed by atoms with Gasteiger partial charge in [0.1, 0.15) is 0 Å². The molecule has 0 amide bonds. The number of ether oxygens (including phenoxy) is 1. The maximum Gasteiger partial charge on any atom is 0.337 e. The first kappa shape index (κ1) is 26.0. The molecule has 0 saturated carbocycles. The Hall–Kier alpha value is -1.63. The highest BCUT2D eigenvalue weighted by Gasteiger charge is 2.30. The van der Waals surface area contributed by atoms with Gasteiger partial charge in [0, 0.05) is 85.1 Å². The molecular formula is C23H42N8O2. The molecule has 1 aromatic carbocycles. The first-order valence-electron chi connectivity index (χ1n) is 12.0. The molecule has 0 spiro atoms. The second kappa shape index (κ2) is 13.3. The second-order valence-corrected chi connectivity index (χ2v) is 9.25. The van der Waals surface area contributed by atoms with E-state index in [9.17, 15) is 4.79 Å². The molecule has 3 fully saturated rings.